The smallest absolute Gasteiger partial charge is 0.227 e. The fraction of sp³-hybridized carbons (Fsp3) is 0.280. The van der Waals surface area contributed by atoms with Crippen LogP contribution < -0.4 is 0 Å². The third-order valence-electron chi connectivity index (χ3n) is 6.12. The number of morpholine rings is 1. The zero-order valence-electron chi connectivity index (χ0n) is 18.1. The van der Waals surface area contributed by atoms with Crippen LogP contribution in [-0.4, -0.2) is 50.4 Å². The number of hydrogen-bond acceptors (Lipinski definition) is 5. The highest BCUT2D eigenvalue weighted by Gasteiger charge is 2.23. The number of benzene rings is 2. The van der Waals surface area contributed by atoms with Crippen molar-refractivity contribution < 1.29 is 9.15 Å². The van der Waals surface area contributed by atoms with E-state index in [-0.39, 0.29) is 12.2 Å². The molecule has 1 fully saturated rings. The van der Waals surface area contributed by atoms with E-state index in [1.54, 1.807) is 0 Å². The molecule has 5 aromatic rings. The largest absolute Gasteiger partial charge is 0.440 e. The van der Waals surface area contributed by atoms with Crippen LogP contribution in [0.1, 0.15) is 19.6 Å². The average molecular weight is 428 g/mol. The number of H-pyrrole nitrogens is 2. The Kier molecular flexibility index (Phi) is 4.59. The lowest BCUT2D eigenvalue weighted by Gasteiger charge is -2.34. The molecule has 6 rings (SSSR count). The van der Waals surface area contributed by atoms with Crippen LogP contribution >= 0.6 is 0 Å². The summed E-state index contributed by atoms with van der Waals surface area (Å²) in [5, 5.41) is 9.56. The molecule has 32 heavy (non-hydrogen) atoms. The van der Waals surface area contributed by atoms with Gasteiger partial charge in [-0.3, -0.25) is 10.00 Å². The molecule has 0 amide bonds. The molecule has 162 valence electrons. The number of fused-ring (bicyclic) bond motifs is 2. The van der Waals surface area contributed by atoms with Crippen LogP contribution in [0.3, 0.4) is 0 Å². The van der Waals surface area contributed by atoms with Crippen molar-refractivity contribution >= 4 is 21.8 Å². The molecule has 0 saturated carbocycles. The molecule has 2 atom stereocenters. The molecule has 7 nitrogen and oxygen atoms in total. The summed E-state index contributed by atoms with van der Waals surface area (Å²) in [6, 6.07) is 12.7. The van der Waals surface area contributed by atoms with E-state index in [4.69, 9.17) is 9.15 Å². The Hall–Kier alpha value is -3.42. The fourth-order valence-corrected chi connectivity index (χ4v) is 4.86. The third kappa shape index (κ3) is 3.39. The van der Waals surface area contributed by atoms with Gasteiger partial charge in [0.15, 0.2) is 0 Å². The van der Waals surface area contributed by atoms with Gasteiger partial charge in [-0.25, -0.2) is 4.98 Å². The number of ether oxygens (including phenoxy) is 1. The first kappa shape index (κ1) is 19.3. The first-order valence-corrected chi connectivity index (χ1v) is 11.0. The number of nitrogens with zero attached hydrogens (tertiary/aromatic N) is 3. The Morgan fingerprint density at radius 2 is 1.88 bits per heavy atom. The van der Waals surface area contributed by atoms with Crippen molar-refractivity contribution in [2.45, 2.75) is 32.6 Å². The molecule has 1 aliphatic rings. The number of oxazole rings is 1. The number of nitrogens with one attached hydrogen (secondary N) is 2. The highest BCUT2D eigenvalue weighted by Crippen LogP contribution is 2.36. The van der Waals surface area contributed by atoms with Crippen LogP contribution in [0.4, 0.5) is 0 Å². The van der Waals surface area contributed by atoms with E-state index >= 15 is 0 Å². The van der Waals surface area contributed by atoms with Crippen LogP contribution in [-0.2, 0) is 11.3 Å². The summed E-state index contributed by atoms with van der Waals surface area (Å²) in [6.07, 6.45) is 6.09. The van der Waals surface area contributed by atoms with Gasteiger partial charge in [-0.1, -0.05) is 12.1 Å². The molecule has 2 aromatic carbocycles. The van der Waals surface area contributed by atoms with Crippen LogP contribution in [0.15, 0.2) is 59.4 Å². The van der Waals surface area contributed by atoms with Crippen LogP contribution in [0, 0.1) is 0 Å². The summed E-state index contributed by atoms with van der Waals surface area (Å²) in [7, 11) is 0. The fourth-order valence-electron chi connectivity index (χ4n) is 4.86. The molecule has 1 saturated heterocycles. The minimum Gasteiger partial charge on any atom is -0.440 e. The molecule has 0 radical (unpaired) electrons. The zero-order chi connectivity index (χ0) is 21.7. The van der Waals surface area contributed by atoms with Gasteiger partial charge in [0.05, 0.1) is 36.7 Å². The second-order valence-electron chi connectivity index (χ2n) is 8.68. The van der Waals surface area contributed by atoms with E-state index in [1.165, 1.54) is 5.39 Å². The molecule has 1 aliphatic heterocycles. The van der Waals surface area contributed by atoms with Crippen molar-refractivity contribution in [3.8, 4) is 22.6 Å². The molecule has 3 aromatic heterocycles. The second kappa shape index (κ2) is 7.62. The third-order valence-corrected chi connectivity index (χ3v) is 6.12. The van der Waals surface area contributed by atoms with Crippen LogP contribution in [0.5, 0.6) is 0 Å². The Morgan fingerprint density at radius 1 is 1.00 bits per heavy atom. The van der Waals surface area contributed by atoms with Gasteiger partial charge in [0.25, 0.3) is 0 Å². The Bertz CT molecular complexity index is 1390. The lowest BCUT2D eigenvalue weighted by molar-refractivity contribution is -0.0718. The van der Waals surface area contributed by atoms with Crippen LogP contribution in [0.2, 0.25) is 0 Å². The molecular formula is C25H25N5O2. The maximum absolute atomic E-state index is 6.24. The van der Waals surface area contributed by atoms with Crippen molar-refractivity contribution in [2.75, 3.05) is 13.1 Å². The molecule has 2 N–H and O–H groups in total. The van der Waals surface area contributed by atoms with Gasteiger partial charge in [-0.2, -0.15) is 5.10 Å². The second-order valence-corrected chi connectivity index (χ2v) is 8.68. The maximum atomic E-state index is 6.24. The first-order chi connectivity index (χ1) is 15.6. The Labute approximate surface area is 185 Å². The molecular weight excluding hydrogens is 402 g/mol. The zero-order valence-corrected chi connectivity index (χ0v) is 18.1. The quantitative estimate of drug-likeness (QED) is 0.423. The first-order valence-electron chi connectivity index (χ1n) is 11.0. The van der Waals surface area contributed by atoms with Crippen LogP contribution in [0.25, 0.3) is 44.4 Å². The summed E-state index contributed by atoms with van der Waals surface area (Å²) in [4.78, 5) is 10.3. The van der Waals surface area contributed by atoms with Gasteiger partial charge >= 0.3 is 0 Å². The predicted molar refractivity (Wildman–Crippen MR) is 124 cm³/mol. The molecule has 0 spiro atoms. The van der Waals surface area contributed by atoms with Gasteiger partial charge in [0.2, 0.25) is 5.89 Å². The van der Waals surface area contributed by atoms with E-state index in [9.17, 15) is 0 Å². The normalized spacial score (nSPS) is 19.8. The lowest BCUT2D eigenvalue weighted by Crippen LogP contribution is -2.44. The van der Waals surface area contributed by atoms with E-state index in [2.05, 4.69) is 75.3 Å². The molecule has 0 aliphatic carbocycles. The number of aromatic amines is 2. The van der Waals surface area contributed by atoms with Gasteiger partial charge in [0.1, 0.15) is 5.76 Å². The number of aromatic nitrogens is 4. The predicted octanol–water partition coefficient (Wildman–Crippen LogP) is 4.98. The SMILES string of the molecule is CC1CN(Cc2cnc(-c3cc(-c4cccc5[nH]ccc45)cc4[nH]ncc34)o2)C[C@H](C)O1. The maximum Gasteiger partial charge on any atom is 0.227 e. The Balaban J connectivity index is 1.38. The number of rotatable bonds is 4. The molecule has 7 heteroatoms. The van der Waals surface area contributed by atoms with E-state index < -0.39 is 0 Å². The van der Waals surface area contributed by atoms with Gasteiger partial charge in [-0.05, 0) is 49.2 Å². The van der Waals surface area contributed by atoms with Crippen molar-refractivity contribution in [2.24, 2.45) is 0 Å². The Morgan fingerprint density at radius 3 is 2.75 bits per heavy atom. The summed E-state index contributed by atoms with van der Waals surface area (Å²) < 4.78 is 12.1. The molecule has 1 unspecified atom stereocenters. The van der Waals surface area contributed by atoms with Crippen molar-refractivity contribution in [1.29, 1.82) is 0 Å². The lowest BCUT2D eigenvalue weighted by atomic mass is 9.98. The molecule has 0 bridgehead atoms. The number of hydrogen-bond donors (Lipinski definition) is 2. The standard InChI is InChI=1S/C25H25N5O2/c1-15-12-30(13-16(2)31-15)14-18-10-27-25(32-18)21-8-17(9-24-22(21)11-28-29-24)19-4-3-5-23-20(19)6-7-26-23/h3-11,15-16,26H,12-14H2,1-2H3,(H,28,29)/t15-,16?/m0/s1. The summed E-state index contributed by atoms with van der Waals surface area (Å²) in [6.45, 7) is 6.73. The van der Waals surface area contributed by atoms with Crippen molar-refractivity contribution in [3.05, 3.63) is 60.7 Å². The minimum absolute atomic E-state index is 0.222. The molecule has 4 heterocycles. The van der Waals surface area contributed by atoms with E-state index in [0.29, 0.717) is 5.89 Å². The summed E-state index contributed by atoms with van der Waals surface area (Å²) in [5.41, 5.74) is 5.26. The van der Waals surface area contributed by atoms with Gasteiger partial charge in [-0.15, -0.1) is 0 Å². The van der Waals surface area contributed by atoms with Crippen molar-refractivity contribution in [3.63, 3.8) is 0 Å². The summed E-state index contributed by atoms with van der Waals surface area (Å²) in [5.74, 6) is 1.47. The monoisotopic (exact) mass is 427 g/mol. The topological polar surface area (TPSA) is 83.0 Å². The average Bonchev–Trinajstić information content (AvgIpc) is 3.52. The highest BCUT2D eigenvalue weighted by molar-refractivity contribution is 6.01. The van der Waals surface area contributed by atoms with Crippen molar-refractivity contribution in [1.82, 2.24) is 25.1 Å². The van der Waals surface area contributed by atoms with E-state index in [1.807, 2.05) is 18.6 Å². The summed E-state index contributed by atoms with van der Waals surface area (Å²) >= 11 is 0. The van der Waals surface area contributed by atoms with Gasteiger partial charge < -0.3 is 14.1 Å². The highest BCUT2D eigenvalue weighted by atomic mass is 16.5. The minimum atomic E-state index is 0.222. The van der Waals surface area contributed by atoms with E-state index in [0.717, 1.165) is 58.5 Å². The van der Waals surface area contributed by atoms with Gasteiger partial charge in [0, 0.05) is 41.1 Å².